The zero-order valence-electron chi connectivity index (χ0n) is 23.4. The number of nitrogens with zero attached hydrogens (tertiary/aromatic N) is 1. The van der Waals surface area contributed by atoms with Crippen molar-refractivity contribution in [3.63, 3.8) is 0 Å². The number of nitrogens with two attached hydrogens (primary N) is 2. The van der Waals surface area contributed by atoms with Crippen molar-refractivity contribution in [3.05, 3.63) is 29.8 Å². The van der Waals surface area contributed by atoms with E-state index < -0.39 is 47.6 Å². The average molecular weight is 563 g/mol. The Bertz CT molecular complexity index is 1030. The van der Waals surface area contributed by atoms with E-state index in [1.807, 2.05) is 13.8 Å². The van der Waals surface area contributed by atoms with E-state index in [2.05, 4.69) is 15.6 Å². The maximum Gasteiger partial charge on any atom is 0.328 e. The molecule has 1 unspecified atom stereocenters. The molecule has 40 heavy (non-hydrogen) atoms. The molecule has 0 saturated heterocycles. The van der Waals surface area contributed by atoms with Gasteiger partial charge in [-0.05, 0) is 55.7 Å². The standard InChI is InChI=1S/C27H42N6O7/c1-16(2)14-20-19(24(35)33-38)6-5-13-40-18-10-8-17(9-11-18)15-22(32-23(20)34)25(36)31-21(26(37)39-3)7-4-12-30-27(28)29/h8-11,16,19-22,38H,4-7,12-15H2,1-3H3,(H,31,36)(H,32,34)(H,33,35)(H4,28,29,30)/t19-,20+,21-,22?/m0/s1. The highest BCUT2D eigenvalue weighted by molar-refractivity contribution is 5.93. The number of esters is 1. The first-order valence-corrected chi connectivity index (χ1v) is 13.4. The van der Waals surface area contributed by atoms with Gasteiger partial charge in [0.25, 0.3) is 0 Å². The van der Waals surface area contributed by atoms with E-state index in [0.717, 1.165) is 5.56 Å². The molecular formula is C27H42N6O7. The summed E-state index contributed by atoms with van der Waals surface area (Å²) in [6.45, 7) is 4.42. The maximum absolute atomic E-state index is 13.7. The first-order valence-electron chi connectivity index (χ1n) is 13.4. The summed E-state index contributed by atoms with van der Waals surface area (Å²) in [6, 6.07) is 5.06. The van der Waals surface area contributed by atoms with Crippen LogP contribution >= 0.6 is 0 Å². The summed E-state index contributed by atoms with van der Waals surface area (Å²) in [5, 5.41) is 14.9. The molecule has 0 spiro atoms. The summed E-state index contributed by atoms with van der Waals surface area (Å²) in [7, 11) is 1.22. The van der Waals surface area contributed by atoms with Crippen LogP contribution in [0.2, 0.25) is 0 Å². The second-order valence-corrected chi connectivity index (χ2v) is 10.3. The fourth-order valence-electron chi connectivity index (χ4n) is 4.67. The lowest BCUT2D eigenvalue weighted by atomic mass is 9.81. The van der Waals surface area contributed by atoms with E-state index >= 15 is 0 Å². The molecule has 8 N–H and O–H groups in total. The summed E-state index contributed by atoms with van der Waals surface area (Å²) in [6.07, 6.45) is 1.81. The Morgan fingerprint density at radius 2 is 1.90 bits per heavy atom. The van der Waals surface area contributed by atoms with Gasteiger partial charge < -0.3 is 31.6 Å². The number of nitrogens with one attached hydrogen (secondary N) is 3. The number of carbonyl (C=O) groups excluding carboxylic acids is 4. The average Bonchev–Trinajstić information content (AvgIpc) is 2.92. The van der Waals surface area contributed by atoms with Gasteiger partial charge in [0.15, 0.2) is 5.96 Å². The molecule has 2 aliphatic rings. The quantitative estimate of drug-likeness (QED) is 0.0581. The van der Waals surface area contributed by atoms with Crippen LogP contribution in [0.15, 0.2) is 29.3 Å². The highest BCUT2D eigenvalue weighted by Gasteiger charge is 2.36. The minimum absolute atomic E-state index is 0.0490. The molecule has 3 amide bonds. The maximum atomic E-state index is 13.7. The van der Waals surface area contributed by atoms with E-state index in [1.54, 1.807) is 29.7 Å². The van der Waals surface area contributed by atoms with Gasteiger partial charge >= 0.3 is 5.97 Å². The largest absolute Gasteiger partial charge is 0.494 e. The van der Waals surface area contributed by atoms with Crippen LogP contribution in [-0.4, -0.2) is 67.2 Å². The molecular weight excluding hydrogens is 520 g/mol. The fraction of sp³-hybridized carbons (Fsp3) is 0.593. The van der Waals surface area contributed by atoms with Crippen molar-refractivity contribution in [2.45, 2.75) is 64.5 Å². The van der Waals surface area contributed by atoms with E-state index in [9.17, 15) is 24.4 Å². The highest BCUT2D eigenvalue weighted by atomic mass is 16.5. The molecule has 13 heteroatoms. The van der Waals surface area contributed by atoms with Crippen molar-refractivity contribution in [2.24, 2.45) is 34.2 Å². The summed E-state index contributed by atoms with van der Waals surface area (Å²) in [4.78, 5) is 56.1. The molecule has 2 heterocycles. The second-order valence-electron chi connectivity index (χ2n) is 10.3. The van der Waals surface area contributed by atoms with Gasteiger partial charge in [-0.25, -0.2) is 10.3 Å². The molecule has 0 aromatic heterocycles. The number of methoxy groups -OCH3 is 1. The summed E-state index contributed by atoms with van der Waals surface area (Å²) < 4.78 is 10.6. The van der Waals surface area contributed by atoms with Gasteiger partial charge in [0.2, 0.25) is 17.7 Å². The smallest absolute Gasteiger partial charge is 0.328 e. The lowest BCUT2D eigenvalue weighted by Gasteiger charge is -2.29. The normalized spacial score (nSPS) is 20.3. The second kappa shape index (κ2) is 16.3. The lowest BCUT2D eigenvalue weighted by Crippen LogP contribution is -2.54. The number of ether oxygens (including phenoxy) is 2. The Kier molecular flexibility index (Phi) is 13.2. The third-order valence-electron chi connectivity index (χ3n) is 6.67. The van der Waals surface area contributed by atoms with Crippen LogP contribution in [-0.2, 0) is 30.3 Å². The molecule has 13 nitrogen and oxygen atoms in total. The van der Waals surface area contributed by atoms with Crippen molar-refractivity contribution >= 4 is 29.7 Å². The van der Waals surface area contributed by atoms with Gasteiger partial charge in [-0.2, -0.15) is 0 Å². The molecule has 222 valence electrons. The number of hydrogen-bond donors (Lipinski definition) is 6. The highest BCUT2D eigenvalue weighted by Crippen LogP contribution is 2.27. The van der Waals surface area contributed by atoms with E-state index in [4.69, 9.17) is 20.9 Å². The zero-order chi connectivity index (χ0) is 29.7. The van der Waals surface area contributed by atoms with Gasteiger partial charge in [-0.15, -0.1) is 0 Å². The molecule has 4 atom stereocenters. The van der Waals surface area contributed by atoms with Crippen molar-refractivity contribution in [1.82, 2.24) is 16.1 Å². The number of hydroxylamine groups is 1. The summed E-state index contributed by atoms with van der Waals surface area (Å²) in [5.41, 5.74) is 13.1. The number of rotatable bonds is 10. The minimum Gasteiger partial charge on any atom is -0.494 e. The Morgan fingerprint density at radius 3 is 2.50 bits per heavy atom. The molecule has 2 bridgehead atoms. The molecule has 0 radical (unpaired) electrons. The molecule has 0 saturated carbocycles. The van der Waals surface area contributed by atoms with Crippen LogP contribution in [0.3, 0.4) is 0 Å². The predicted molar refractivity (Wildman–Crippen MR) is 147 cm³/mol. The number of fused-ring (bicyclic) bond motifs is 11. The van der Waals surface area contributed by atoms with Crippen LogP contribution in [0.25, 0.3) is 0 Å². The molecule has 2 aliphatic heterocycles. The van der Waals surface area contributed by atoms with Crippen LogP contribution in [0.1, 0.15) is 51.5 Å². The number of hydrogen-bond acceptors (Lipinski definition) is 8. The van der Waals surface area contributed by atoms with Crippen LogP contribution < -0.4 is 32.3 Å². The molecule has 3 rings (SSSR count). The van der Waals surface area contributed by atoms with Crippen molar-refractivity contribution in [2.75, 3.05) is 20.3 Å². The van der Waals surface area contributed by atoms with E-state index in [-0.39, 0.29) is 37.7 Å². The van der Waals surface area contributed by atoms with Gasteiger partial charge in [0, 0.05) is 18.9 Å². The lowest BCUT2D eigenvalue weighted by molar-refractivity contribution is -0.146. The third kappa shape index (κ3) is 10.4. The van der Waals surface area contributed by atoms with Crippen LogP contribution in [0.5, 0.6) is 5.75 Å². The number of aliphatic imine (C=N–C) groups is 1. The number of guanidine groups is 1. The van der Waals surface area contributed by atoms with Crippen molar-refractivity contribution in [1.29, 1.82) is 0 Å². The Balaban J connectivity index is 2.37. The first kappa shape index (κ1) is 32.3. The topological polar surface area (TPSA) is 207 Å². The van der Waals surface area contributed by atoms with Crippen molar-refractivity contribution < 1.29 is 33.9 Å². The number of carbonyl (C=O) groups is 4. The fourth-order valence-corrected chi connectivity index (χ4v) is 4.67. The molecule has 0 fully saturated rings. The van der Waals surface area contributed by atoms with Crippen LogP contribution in [0.4, 0.5) is 0 Å². The number of amides is 3. The minimum atomic E-state index is -1.07. The van der Waals surface area contributed by atoms with Gasteiger partial charge in [0.05, 0.1) is 19.6 Å². The molecule has 0 aliphatic carbocycles. The third-order valence-corrected chi connectivity index (χ3v) is 6.67. The Labute approximate surface area is 234 Å². The molecule has 1 aromatic carbocycles. The Morgan fingerprint density at radius 1 is 1.20 bits per heavy atom. The SMILES string of the molecule is COC(=O)[C@H](CCCN=C(N)N)NC(=O)C1Cc2ccc(cc2)OCCC[C@H](C(=O)NO)[C@@H](CC(C)C)C(=O)N1. The predicted octanol–water partition coefficient (Wildman–Crippen LogP) is 0.382. The van der Waals surface area contributed by atoms with Crippen molar-refractivity contribution in [3.8, 4) is 5.75 Å². The van der Waals surface area contributed by atoms with Gasteiger partial charge in [-0.1, -0.05) is 26.0 Å². The Hall–Kier alpha value is -3.87. The van der Waals surface area contributed by atoms with E-state index in [0.29, 0.717) is 31.6 Å². The summed E-state index contributed by atoms with van der Waals surface area (Å²) in [5.74, 6) is -3.49. The zero-order valence-corrected chi connectivity index (χ0v) is 23.4. The van der Waals surface area contributed by atoms with Gasteiger partial charge in [0.1, 0.15) is 17.8 Å². The van der Waals surface area contributed by atoms with Crippen LogP contribution in [0, 0.1) is 17.8 Å². The van der Waals surface area contributed by atoms with Gasteiger partial charge in [-0.3, -0.25) is 24.6 Å². The van der Waals surface area contributed by atoms with E-state index in [1.165, 1.54) is 7.11 Å². The molecule has 1 aromatic rings. The monoisotopic (exact) mass is 562 g/mol. The number of benzene rings is 1. The summed E-state index contributed by atoms with van der Waals surface area (Å²) >= 11 is 0. The first-order chi connectivity index (χ1) is 19.0.